The third-order valence-corrected chi connectivity index (χ3v) is 3.64. The van der Waals surface area contributed by atoms with E-state index in [4.69, 9.17) is 0 Å². The van der Waals surface area contributed by atoms with Crippen LogP contribution >= 0.6 is 0 Å². The lowest BCUT2D eigenvalue weighted by Crippen LogP contribution is -2.26. The molecule has 21 heavy (non-hydrogen) atoms. The Morgan fingerprint density at radius 1 is 1.38 bits per heavy atom. The van der Waals surface area contributed by atoms with Crippen molar-refractivity contribution in [2.75, 3.05) is 7.11 Å². The zero-order valence-corrected chi connectivity index (χ0v) is 14.2. The zero-order chi connectivity index (χ0) is 16.5. The molecule has 0 aromatic carbocycles. The van der Waals surface area contributed by atoms with E-state index in [1.165, 1.54) is 26.9 Å². The topological polar surface area (TPSA) is 84.5 Å². The largest absolute Gasteiger partial charge is 0.746 e. The number of aromatic nitrogens is 2. The number of rotatable bonds is 7. The maximum Gasteiger partial charge on any atom is 0.243 e. The van der Waals surface area contributed by atoms with Crippen LogP contribution in [0.5, 0.6) is 0 Å². The van der Waals surface area contributed by atoms with Gasteiger partial charge in [-0.05, 0) is 20.3 Å². The van der Waals surface area contributed by atoms with Gasteiger partial charge in [0.1, 0.15) is 27.9 Å². The summed E-state index contributed by atoms with van der Waals surface area (Å²) in [5.74, 6) is 0. The van der Waals surface area contributed by atoms with Crippen LogP contribution in [-0.2, 0) is 33.2 Å². The van der Waals surface area contributed by atoms with Gasteiger partial charge in [-0.15, -0.1) is 0 Å². The van der Waals surface area contributed by atoms with Gasteiger partial charge >= 0.3 is 0 Å². The van der Waals surface area contributed by atoms with Crippen LogP contribution in [0.1, 0.15) is 33.6 Å². The van der Waals surface area contributed by atoms with Crippen molar-refractivity contribution in [2.24, 2.45) is 7.05 Å². The van der Waals surface area contributed by atoms with Crippen molar-refractivity contribution in [3.63, 3.8) is 0 Å². The molecule has 1 aromatic rings. The van der Waals surface area contributed by atoms with Crippen LogP contribution in [0.4, 0.5) is 0 Å². The van der Waals surface area contributed by atoms with Crippen molar-refractivity contribution in [1.29, 1.82) is 0 Å². The normalized spacial score (nSPS) is 14.2. The van der Waals surface area contributed by atoms with E-state index in [9.17, 15) is 13.0 Å². The van der Waals surface area contributed by atoms with Crippen LogP contribution in [0.15, 0.2) is 18.7 Å². The van der Waals surface area contributed by atoms with Crippen molar-refractivity contribution in [1.82, 2.24) is 4.57 Å². The second-order valence-electron chi connectivity index (χ2n) is 4.67. The molecule has 0 N–H and O–H groups in total. The van der Waals surface area contributed by atoms with Gasteiger partial charge in [-0.3, -0.25) is 0 Å². The van der Waals surface area contributed by atoms with Gasteiger partial charge in [-0.1, -0.05) is 13.3 Å². The van der Waals surface area contributed by atoms with E-state index >= 15 is 0 Å². The van der Waals surface area contributed by atoms with E-state index in [0.717, 1.165) is 13.5 Å². The lowest BCUT2D eigenvalue weighted by molar-refractivity contribution is -0.671. The molecule has 2 unspecified atom stereocenters. The summed E-state index contributed by atoms with van der Waals surface area (Å²) in [5, 5.41) is 0. The Labute approximate surface area is 127 Å². The maximum absolute atomic E-state index is 10.2. The molecule has 2 atom stereocenters. The number of aryl methyl sites for hydroxylation is 2. The minimum Gasteiger partial charge on any atom is -0.746 e. The Kier molecular flexibility index (Phi) is 9.43. The SMILES string of the molecule is CCCCn1cc[n+](C)c1.COC(C)OC(C)S(=O)(=O)[O-]. The first-order valence-corrected chi connectivity index (χ1v) is 8.31. The van der Waals surface area contributed by atoms with Gasteiger partial charge in [0.25, 0.3) is 0 Å². The quantitative estimate of drug-likeness (QED) is 0.425. The fourth-order valence-electron chi connectivity index (χ4n) is 1.37. The molecule has 1 rings (SSSR count). The predicted molar refractivity (Wildman–Crippen MR) is 77.2 cm³/mol. The predicted octanol–water partition coefficient (Wildman–Crippen LogP) is 0.999. The van der Waals surface area contributed by atoms with Gasteiger partial charge in [0.15, 0.2) is 6.29 Å². The Morgan fingerprint density at radius 3 is 2.38 bits per heavy atom. The Morgan fingerprint density at radius 2 is 2.00 bits per heavy atom. The average Bonchev–Trinajstić information content (AvgIpc) is 2.81. The smallest absolute Gasteiger partial charge is 0.243 e. The fraction of sp³-hybridized carbons (Fsp3) is 0.769. The van der Waals surface area contributed by atoms with Crippen LogP contribution in [0, 0.1) is 0 Å². The van der Waals surface area contributed by atoms with Crippen molar-refractivity contribution >= 4 is 10.1 Å². The van der Waals surface area contributed by atoms with Crippen LogP contribution in [0.3, 0.4) is 0 Å². The van der Waals surface area contributed by atoms with E-state index in [1.807, 2.05) is 7.05 Å². The molecule has 0 aliphatic rings. The van der Waals surface area contributed by atoms with Gasteiger partial charge in [0.2, 0.25) is 6.33 Å². The number of nitrogens with zero attached hydrogens (tertiary/aromatic N) is 2. The van der Waals surface area contributed by atoms with Gasteiger partial charge < -0.3 is 14.0 Å². The van der Waals surface area contributed by atoms with E-state index in [1.54, 1.807) is 0 Å². The molecule has 124 valence electrons. The first-order chi connectivity index (χ1) is 9.70. The highest BCUT2D eigenvalue weighted by Crippen LogP contribution is 2.03. The number of hydrogen-bond donors (Lipinski definition) is 0. The van der Waals surface area contributed by atoms with Gasteiger partial charge in [0, 0.05) is 7.11 Å². The average molecular weight is 322 g/mol. The summed E-state index contributed by atoms with van der Waals surface area (Å²) in [6, 6.07) is 0. The molecule has 1 aromatic heterocycles. The fourth-order valence-corrected chi connectivity index (χ4v) is 1.66. The first-order valence-electron chi connectivity index (χ1n) is 6.84. The van der Waals surface area contributed by atoms with Gasteiger partial charge in [-0.25, -0.2) is 17.6 Å². The summed E-state index contributed by atoms with van der Waals surface area (Å²) < 4.78 is 44.2. The maximum atomic E-state index is 10.2. The van der Waals surface area contributed by atoms with Crippen molar-refractivity contribution < 1.29 is 27.0 Å². The highest BCUT2D eigenvalue weighted by atomic mass is 32.2. The molecular formula is C13H26N2O5S. The van der Waals surface area contributed by atoms with Crippen LogP contribution in [0.25, 0.3) is 0 Å². The molecule has 0 aliphatic carbocycles. The number of imidazole rings is 1. The number of methoxy groups -OCH3 is 1. The van der Waals surface area contributed by atoms with Crippen LogP contribution in [-0.4, -0.2) is 36.4 Å². The number of hydrogen-bond acceptors (Lipinski definition) is 5. The molecule has 0 saturated carbocycles. The summed E-state index contributed by atoms with van der Waals surface area (Å²) >= 11 is 0. The van der Waals surface area contributed by atoms with Crippen molar-refractivity contribution in [2.45, 2.75) is 51.9 Å². The minimum atomic E-state index is -4.36. The van der Waals surface area contributed by atoms with E-state index in [-0.39, 0.29) is 0 Å². The standard InChI is InChI=1S/C8H15N2.C5H12O5S/c1-3-4-5-10-7-6-9(2)8-10;1-4(9-3)10-5(2)11(6,7)8/h6-8H,3-5H2,1-2H3;4-5H,1-3H3,(H,6,7,8)/q+1;/p-1. The van der Waals surface area contributed by atoms with Gasteiger partial charge in [0.05, 0.1) is 13.6 Å². The Bertz CT molecular complexity index is 487. The highest BCUT2D eigenvalue weighted by Gasteiger charge is 2.13. The van der Waals surface area contributed by atoms with Crippen molar-refractivity contribution in [3.05, 3.63) is 18.7 Å². The summed E-state index contributed by atoms with van der Waals surface area (Å²) in [6.45, 7) is 6.03. The number of ether oxygens (including phenoxy) is 2. The third kappa shape index (κ3) is 9.57. The summed E-state index contributed by atoms with van der Waals surface area (Å²) in [4.78, 5) is 0. The molecule has 0 fully saturated rings. The highest BCUT2D eigenvalue weighted by molar-refractivity contribution is 7.86. The molecule has 0 aliphatic heterocycles. The molecule has 0 spiro atoms. The molecule has 1 heterocycles. The Hall–Kier alpha value is -0.960. The molecule has 0 radical (unpaired) electrons. The monoisotopic (exact) mass is 322 g/mol. The minimum absolute atomic E-state index is 0.686. The van der Waals surface area contributed by atoms with E-state index in [0.29, 0.717) is 0 Å². The molecule has 7 nitrogen and oxygen atoms in total. The van der Waals surface area contributed by atoms with Crippen molar-refractivity contribution in [3.8, 4) is 0 Å². The Balaban J connectivity index is 0.000000382. The molecule has 0 amide bonds. The molecule has 8 heteroatoms. The third-order valence-electron chi connectivity index (χ3n) is 2.72. The van der Waals surface area contributed by atoms with Gasteiger partial charge in [-0.2, -0.15) is 0 Å². The lowest BCUT2D eigenvalue weighted by atomic mass is 10.3. The van der Waals surface area contributed by atoms with E-state index < -0.39 is 21.8 Å². The first kappa shape index (κ1) is 20.0. The van der Waals surface area contributed by atoms with Crippen LogP contribution < -0.4 is 4.57 Å². The molecular weight excluding hydrogens is 296 g/mol. The molecule has 0 saturated heterocycles. The van der Waals surface area contributed by atoms with Crippen LogP contribution in [0.2, 0.25) is 0 Å². The summed E-state index contributed by atoms with van der Waals surface area (Å²) in [7, 11) is -0.960. The number of unbranched alkanes of at least 4 members (excludes halogenated alkanes) is 1. The summed E-state index contributed by atoms with van der Waals surface area (Å²) in [5.41, 5.74) is -1.36. The molecule has 0 bridgehead atoms. The second-order valence-corrected chi connectivity index (χ2v) is 6.32. The van der Waals surface area contributed by atoms with E-state index in [2.05, 4.69) is 44.3 Å². The zero-order valence-electron chi connectivity index (χ0n) is 13.4. The lowest BCUT2D eigenvalue weighted by Gasteiger charge is -2.20. The second kappa shape index (κ2) is 9.88. The summed E-state index contributed by atoms with van der Waals surface area (Å²) in [6.07, 6.45) is 8.13.